The van der Waals surface area contributed by atoms with Gasteiger partial charge in [-0.2, -0.15) is 0 Å². The molecule has 0 aromatic heterocycles. The summed E-state index contributed by atoms with van der Waals surface area (Å²) in [7, 11) is -2.83. The topological polar surface area (TPSA) is 43.4 Å². The summed E-state index contributed by atoms with van der Waals surface area (Å²) in [6.45, 7) is 2.59. The van der Waals surface area contributed by atoms with Gasteiger partial charge in [-0.3, -0.25) is 0 Å². The van der Waals surface area contributed by atoms with Gasteiger partial charge in [-0.25, -0.2) is 8.42 Å². The minimum atomic E-state index is -2.83. The molecule has 0 amide bonds. The molecule has 0 atom stereocenters. The van der Waals surface area contributed by atoms with E-state index in [1.165, 1.54) is 11.8 Å². The van der Waals surface area contributed by atoms with Crippen molar-refractivity contribution in [1.82, 2.24) is 0 Å². The fraction of sp³-hybridized carbons (Fsp3) is 0.500. The lowest BCUT2D eigenvalue weighted by atomic mass is 10.2. The highest BCUT2D eigenvalue weighted by Gasteiger charge is 2.01. The summed E-state index contributed by atoms with van der Waals surface area (Å²) in [4.78, 5) is 0. The predicted molar refractivity (Wildman–Crippen MR) is 65.6 cm³/mol. The molecular formula is C12H18O3S. The number of hydrogen-bond donors (Lipinski definition) is 0. The molecule has 0 saturated carbocycles. The van der Waals surface area contributed by atoms with Crippen LogP contribution in [0.15, 0.2) is 24.3 Å². The van der Waals surface area contributed by atoms with E-state index in [-0.39, 0.29) is 5.75 Å². The lowest BCUT2D eigenvalue weighted by Crippen LogP contribution is -2.05. The summed E-state index contributed by atoms with van der Waals surface area (Å²) < 4.78 is 27.2. The minimum Gasteiger partial charge on any atom is -0.494 e. The second kappa shape index (κ2) is 5.89. The molecule has 0 radical (unpaired) electrons. The average Bonchev–Trinajstić information content (AvgIpc) is 2.19. The first-order chi connectivity index (χ1) is 7.47. The van der Waals surface area contributed by atoms with Gasteiger partial charge in [0.1, 0.15) is 15.6 Å². The standard InChI is InChI=1S/C12H18O3S/c1-11-5-7-12(8-6-11)15-9-3-4-10-16(2,13)14/h5-8H,3-4,9-10H2,1-2H3. The van der Waals surface area contributed by atoms with Crippen LogP contribution in [0, 0.1) is 6.92 Å². The first kappa shape index (κ1) is 13.0. The lowest BCUT2D eigenvalue weighted by molar-refractivity contribution is 0.309. The molecule has 1 rings (SSSR count). The predicted octanol–water partition coefficient (Wildman–Crippen LogP) is 2.20. The van der Waals surface area contributed by atoms with Crippen LogP contribution in [0.3, 0.4) is 0 Å². The first-order valence-electron chi connectivity index (χ1n) is 5.34. The molecule has 0 N–H and O–H groups in total. The Morgan fingerprint density at radius 1 is 1.12 bits per heavy atom. The normalized spacial score (nSPS) is 11.4. The van der Waals surface area contributed by atoms with E-state index < -0.39 is 9.84 Å². The van der Waals surface area contributed by atoms with Gasteiger partial charge in [0.05, 0.1) is 12.4 Å². The molecule has 0 aliphatic carbocycles. The number of sulfone groups is 1. The fourth-order valence-corrected chi connectivity index (χ4v) is 2.02. The summed E-state index contributed by atoms with van der Waals surface area (Å²) in [5.74, 6) is 1.08. The van der Waals surface area contributed by atoms with Crippen LogP contribution in [0.2, 0.25) is 0 Å². The third-order valence-corrected chi connectivity index (χ3v) is 3.23. The fourth-order valence-electron chi connectivity index (χ4n) is 1.29. The molecular weight excluding hydrogens is 224 g/mol. The molecule has 0 heterocycles. The maximum absolute atomic E-state index is 10.9. The number of hydrogen-bond acceptors (Lipinski definition) is 3. The molecule has 1 aromatic rings. The Kier molecular flexibility index (Phi) is 4.80. The maximum Gasteiger partial charge on any atom is 0.147 e. The monoisotopic (exact) mass is 242 g/mol. The van der Waals surface area contributed by atoms with Crippen molar-refractivity contribution in [2.24, 2.45) is 0 Å². The Labute approximate surface area is 97.4 Å². The van der Waals surface area contributed by atoms with Gasteiger partial charge in [-0.1, -0.05) is 17.7 Å². The molecule has 0 aliphatic rings. The van der Waals surface area contributed by atoms with Gasteiger partial charge >= 0.3 is 0 Å². The van der Waals surface area contributed by atoms with Crippen LogP contribution in [-0.2, 0) is 9.84 Å². The molecule has 1 aromatic carbocycles. The van der Waals surface area contributed by atoms with Crippen LogP contribution in [0.25, 0.3) is 0 Å². The quantitative estimate of drug-likeness (QED) is 0.718. The third-order valence-electron chi connectivity index (χ3n) is 2.20. The summed E-state index contributed by atoms with van der Waals surface area (Å²) in [6, 6.07) is 7.83. The van der Waals surface area contributed by atoms with Crippen molar-refractivity contribution in [2.75, 3.05) is 18.6 Å². The Morgan fingerprint density at radius 3 is 2.31 bits per heavy atom. The molecule has 0 fully saturated rings. The van der Waals surface area contributed by atoms with Crippen molar-refractivity contribution in [3.8, 4) is 5.75 Å². The molecule has 0 spiro atoms. The van der Waals surface area contributed by atoms with Crippen LogP contribution in [0.1, 0.15) is 18.4 Å². The molecule has 90 valence electrons. The van der Waals surface area contributed by atoms with Gasteiger partial charge in [0, 0.05) is 6.26 Å². The van der Waals surface area contributed by atoms with Crippen molar-refractivity contribution in [1.29, 1.82) is 0 Å². The second-order valence-corrected chi connectivity index (χ2v) is 6.26. The molecule has 0 saturated heterocycles. The van der Waals surface area contributed by atoms with Crippen molar-refractivity contribution in [2.45, 2.75) is 19.8 Å². The highest BCUT2D eigenvalue weighted by molar-refractivity contribution is 7.90. The Hall–Kier alpha value is -1.03. The van der Waals surface area contributed by atoms with Crippen molar-refractivity contribution in [3.05, 3.63) is 29.8 Å². The van der Waals surface area contributed by atoms with Crippen LogP contribution < -0.4 is 4.74 Å². The minimum absolute atomic E-state index is 0.240. The highest BCUT2D eigenvalue weighted by Crippen LogP contribution is 2.11. The van der Waals surface area contributed by atoms with Gasteiger partial charge in [0.2, 0.25) is 0 Å². The van der Waals surface area contributed by atoms with E-state index in [9.17, 15) is 8.42 Å². The van der Waals surface area contributed by atoms with E-state index in [1.807, 2.05) is 31.2 Å². The smallest absolute Gasteiger partial charge is 0.147 e. The second-order valence-electron chi connectivity index (χ2n) is 4.00. The van der Waals surface area contributed by atoms with Gasteiger partial charge in [0.15, 0.2) is 0 Å². The van der Waals surface area contributed by atoms with Crippen molar-refractivity contribution in [3.63, 3.8) is 0 Å². The molecule has 0 unspecified atom stereocenters. The van der Waals surface area contributed by atoms with Crippen molar-refractivity contribution >= 4 is 9.84 Å². The number of aryl methyl sites for hydroxylation is 1. The van der Waals surface area contributed by atoms with Gasteiger partial charge < -0.3 is 4.74 Å². The number of benzene rings is 1. The van der Waals surface area contributed by atoms with Crippen LogP contribution in [0.4, 0.5) is 0 Å². The van der Waals surface area contributed by atoms with E-state index in [2.05, 4.69) is 0 Å². The first-order valence-corrected chi connectivity index (χ1v) is 7.40. The summed E-state index contributed by atoms with van der Waals surface area (Å²) in [5.41, 5.74) is 1.20. The number of unbranched alkanes of at least 4 members (excludes halogenated alkanes) is 1. The largest absolute Gasteiger partial charge is 0.494 e. The number of rotatable bonds is 6. The van der Waals surface area contributed by atoms with E-state index in [0.29, 0.717) is 13.0 Å². The van der Waals surface area contributed by atoms with Crippen LogP contribution in [0.5, 0.6) is 5.75 Å². The van der Waals surface area contributed by atoms with Crippen LogP contribution in [-0.4, -0.2) is 27.0 Å². The highest BCUT2D eigenvalue weighted by atomic mass is 32.2. The maximum atomic E-state index is 10.9. The van der Waals surface area contributed by atoms with Gasteiger partial charge in [0.25, 0.3) is 0 Å². The molecule has 4 heteroatoms. The summed E-state index contributed by atoms with van der Waals surface area (Å²) in [5, 5.41) is 0. The average molecular weight is 242 g/mol. The van der Waals surface area contributed by atoms with E-state index in [1.54, 1.807) is 0 Å². The molecule has 0 bridgehead atoms. The zero-order chi connectivity index (χ0) is 12.0. The van der Waals surface area contributed by atoms with Crippen molar-refractivity contribution < 1.29 is 13.2 Å². The molecule has 16 heavy (non-hydrogen) atoms. The summed E-state index contributed by atoms with van der Waals surface area (Å²) >= 11 is 0. The van der Waals surface area contributed by atoms with Gasteiger partial charge in [-0.05, 0) is 31.9 Å². The Bertz CT molecular complexity index is 406. The van der Waals surface area contributed by atoms with Gasteiger partial charge in [-0.15, -0.1) is 0 Å². The number of ether oxygens (including phenoxy) is 1. The third kappa shape index (κ3) is 5.75. The summed E-state index contributed by atoms with van der Waals surface area (Å²) in [6.07, 6.45) is 2.68. The Balaban J connectivity index is 2.19. The lowest BCUT2D eigenvalue weighted by Gasteiger charge is -2.05. The molecule has 3 nitrogen and oxygen atoms in total. The zero-order valence-corrected chi connectivity index (χ0v) is 10.6. The zero-order valence-electron chi connectivity index (χ0n) is 9.77. The van der Waals surface area contributed by atoms with Crippen LogP contribution >= 0.6 is 0 Å². The molecule has 0 aliphatic heterocycles. The van der Waals surface area contributed by atoms with E-state index >= 15 is 0 Å². The SMILES string of the molecule is Cc1ccc(OCCCCS(C)(=O)=O)cc1. The Morgan fingerprint density at radius 2 is 1.75 bits per heavy atom. The van der Waals surface area contributed by atoms with E-state index in [0.717, 1.165) is 12.2 Å². The van der Waals surface area contributed by atoms with E-state index in [4.69, 9.17) is 4.74 Å².